The van der Waals surface area contributed by atoms with Gasteiger partial charge >= 0.3 is 0 Å². The summed E-state index contributed by atoms with van der Waals surface area (Å²) in [4.78, 5) is 27.6. The van der Waals surface area contributed by atoms with E-state index < -0.39 is 12.0 Å². The van der Waals surface area contributed by atoms with Crippen LogP contribution in [0, 0.1) is 0 Å². The normalized spacial score (nSPS) is 15.6. The second-order valence-electron chi connectivity index (χ2n) is 6.72. The van der Waals surface area contributed by atoms with E-state index in [9.17, 15) is 4.79 Å². The maximum atomic E-state index is 11.9. The van der Waals surface area contributed by atoms with Crippen LogP contribution in [0.5, 0.6) is 5.75 Å². The maximum absolute atomic E-state index is 11.9. The van der Waals surface area contributed by atoms with Crippen molar-refractivity contribution in [2.75, 3.05) is 11.4 Å². The molecule has 5 rings (SSSR count). The minimum absolute atomic E-state index is 0.264. The fraction of sp³-hybridized carbons (Fsp3) is 0.0909. The van der Waals surface area contributed by atoms with Crippen LogP contribution in [0.25, 0.3) is 22.3 Å². The van der Waals surface area contributed by atoms with Gasteiger partial charge in [0.15, 0.2) is 11.9 Å². The van der Waals surface area contributed by atoms with E-state index in [2.05, 4.69) is 4.98 Å². The van der Waals surface area contributed by atoms with Crippen LogP contribution in [0.15, 0.2) is 73.1 Å². The predicted molar refractivity (Wildman–Crippen MR) is 110 cm³/mol. The minimum Gasteiger partial charge on any atom is -0.477 e. The molecule has 7 heteroatoms. The monoisotopic (exact) mass is 383 g/mol. The Labute approximate surface area is 166 Å². The highest BCUT2D eigenvalue weighted by Crippen LogP contribution is 2.40. The van der Waals surface area contributed by atoms with E-state index in [1.54, 1.807) is 12.4 Å². The van der Waals surface area contributed by atoms with Gasteiger partial charge < -0.3 is 15.4 Å². The SMILES string of the molecule is NC(=O)[C@@H]1CN(c2nc(-c3cccnc3)nc3ccccc23)c2ccccc2O1. The molecule has 2 N–H and O–H groups in total. The highest BCUT2D eigenvalue weighted by molar-refractivity contribution is 5.94. The first-order chi connectivity index (χ1) is 14.2. The van der Waals surface area contributed by atoms with Crippen molar-refractivity contribution in [2.24, 2.45) is 5.73 Å². The number of nitrogens with two attached hydrogens (primary N) is 1. The topological polar surface area (TPSA) is 94.2 Å². The molecule has 0 bridgehead atoms. The Balaban J connectivity index is 1.74. The number of nitrogens with zero attached hydrogens (tertiary/aromatic N) is 4. The summed E-state index contributed by atoms with van der Waals surface area (Å²) in [6.45, 7) is 0.264. The Morgan fingerprint density at radius 1 is 1.03 bits per heavy atom. The van der Waals surface area contributed by atoms with Crippen LogP contribution in [-0.4, -0.2) is 33.5 Å². The number of anilines is 2. The number of pyridine rings is 1. The lowest BCUT2D eigenvalue weighted by atomic mass is 10.1. The van der Waals surface area contributed by atoms with Crippen LogP contribution in [0.1, 0.15) is 0 Å². The molecule has 7 nitrogen and oxygen atoms in total. The third kappa shape index (κ3) is 3.02. The van der Waals surface area contributed by atoms with Crippen LogP contribution in [0.2, 0.25) is 0 Å². The quantitative estimate of drug-likeness (QED) is 0.584. The van der Waals surface area contributed by atoms with Crippen LogP contribution in [0.4, 0.5) is 11.5 Å². The van der Waals surface area contributed by atoms with Gasteiger partial charge in [0.25, 0.3) is 5.91 Å². The molecular weight excluding hydrogens is 366 g/mol. The van der Waals surface area contributed by atoms with Crippen LogP contribution in [0.3, 0.4) is 0 Å². The van der Waals surface area contributed by atoms with E-state index >= 15 is 0 Å². The Hall–Kier alpha value is -4.00. The van der Waals surface area contributed by atoms with Crippen LogP contribution in [-0.2, 0) is 4.79 Å². The van der Waals surface area contributed by atoms with Gasteiger partial charge in [-0.3, -0.25) is 9.78 Å². The van der Waals surface area contributed by atoms with Crippen LogP contribution >= 0.6 is 0 Å². The molecule has 2 aromatic carbocycles. The number of ether oxygens (including phenoxy) is 1. The molecule has 1 atom stereocenters. The Morgan fingerprint density at radius 3 is 2.69 bits per heavy atom. The number of primary amides is 1. The van der Waals surface area contributed by atoms with E-state index in [-0.39, 0.29) is 6.54 Å². The van der Waals surface area contributed by atoms with Gasteiger partial charge in [0.1, 0.15) is 11.6 Å². The molecule has 142 valence electrons. The molecule has 0 spiro atoms. The number of carbonyl (C=O) groups excluding carboxylic acids is 1. The molecule has 2 aromatic heterocycles. The summed E-state index contributed by atoms with van der Waals surface area (Å²) >= 11 is 0. The van der Waals surface area contributed by atoms with Crippen molar-refractivity contribution in [3.05, 3.63) is 73.1 Å². The number of amides is 1. The van der Waals surface area contributed by atoms with Crippen molar-refractivity contribution < 1.29 is 9.53 Å². The van der Waals surface area contributed by atoms with E-state index in [0.717, 1.165) is 22.2 Å². The zero-order valence-electron chi connectivity index (χ0n) is 15.4. The van der Waals surface area contributed by atoms with Crippen molar-refractivity contribution in [2.45, 2.75) is 6.10 Å². The molecular formula is C22H17N5O2. The van der Waals surface area contributed by atoms with Gasteiger partial charge in [-0.2, -0.15) is 0 Å². The fourth-order valence-corrected chi connectivity index (χ4v) is 3.47. The number of aromatic nitrogens is 3. The van der Waals surface area contributed by atoms with Crippen molar-refractivity contribution >= 4 is 28.3 Å². The molecule has 0 saturated heterocycles. The second-order valence-corrected chi connectivity index (χ2v) is 6.72. The van der Waals surface area contributed by atoms with Gasteiger partial charge in [-0.1, -0.05) is 24.3 Å². The molecule has 1 aliphatic heterocycles. The van der Waals surface area contributed by atoms with Crippen molar-refractivity contribution in [1.82, 2.24) is 15.0 Å². The summed E-state index contributed by atoms with van der Waals surface area (Å²) in [7, 11) is 0. The number of fused-ring (bicyclic) bond motifs is 2. The van der Waals surface area contributed by atoms with Crippen molar-refractivity contribution in [3.63, 3.8) is 0 Å². The van der Waals surface area contributed by atoms with E-state index in [1.807, 2.05) is 65.6 Å². The lowest BCUT2D eigenvalue weighted by Gasteiger charge is -2.34. The maximum Gasteiger partial charge on any atom is 0.260 e. The Bertz CT molecular complexity index is 1210. The molecule has 3 heterocycles. The molecule has 1 aliphatic rings. The molecule has 0 radical (unpaired) electrons. The molecule has 1 amide bonds. The third-order valence-electron chi connectivity index (χ3n) is 4.85. The average Bonchev–Trinajstić information content (AvgIpc) is 2.78. The highest BCUT2D eigenvalue weighted by atomic mass is 16.5. The molecule has 4 aromatic rings. The summed E-state index contributed by atoms with van der Waals surface area (Å²) in [5, 5.41) is 0.875. The average molecular weight is 383 g/mol. The van der Waals surface area contributed by atoms with E-state index in [0.29, 0.717) is 17.4 Å². The summed E-state index contributed by atoms with van der Waals surface area (Å²) in [5.74, 6) is 1.33. The largest absolute Gasteiger partial charge is 0.477 e. The molecule has 29 heavy (non-hydrogen) atoms. The Kier molecular flexibility index (Phi) is 4.05. The molecule has 0 fully saturated rings. The molecule has 0 aliphatic carbocycles. The fourth-order valence-electron chi connectivity index (χ4n) is 3.47. The van der Waals surface area contributed by atoms with Crippen molar-refractivity contribution in [3.8, 4) is 17.1 Å². The van der Waals surface area contributed by atoms with Gasteiger partial charge in [-0.05, 0) is 36.4 Å². The third-order valence-corrected chi connectivity index (χ3v) is 4.85. The number of benzene rings is 2. The van der Waals surface area contributed by atoms with Gasteiger partial charge in [-0.25, -0.2) is 9.97 Å². The predicted octanol–water partition coefficient (Wildman–Crippen LogP) is 3.08. The number of hydrogen-bond donors (Lipinski definition) is 1. The smallest absolute Gasteiger partial charge is 0.260 e. The van der Waals surface area contributed by atoms with E-state index in [4.69, 9.17) is 20.4 Å². The first-order valence-corrected chi connectivity index (χ1v) is 9.20. The minimum atomic E-state index is -0.777. The zero-order chi connectivity index (χ0) is 19.8. The van der Waals surface area contributed by atoms with Gasteiger partial charge in [0, 0.05) is 23.3 Å². The molecule has 0 saturated carbocycles. The van der Waals surface area contributed by atoms with Gasteiger partial charge in [0.05, 0.1) is 17.7 Å². The number of rotatable bonds is 3. The highest BCUT2D eigenvalue weighted by Gasteiger charge is 2.31. The summed E-state index contributed by atoms with van der Waals surface area (Å²) in [6.07, 6.45) is 2.66. The van der Waals surface area contributed by atoms with Gasteiger partial charge in [-0.15, -0.1) is 0 Å². The van der Waals surface area contributed by atoms with Crippen LogP contribution < -0.4 is 15.4 Å². The summed E-state index contributed by atoms with van der Waals surface area (Å²) in [6, 6.07) is 19.1. The Morgan fingerprint density at radius 2 is 1.86 bits per heavy atom. The number of carbonyl (C=O) groups is 1. The van der Waals surface area contributed by atoms with Gasteiger partial charge in [0.2, 0.25) is 0 Å². The number of hydrogen-bond acceptors (Lipinski definition) is 6. The lowest BCUT2D eigenvalue weighted by Crippen LogP contribution is -2.45. The summed E-state index contributed by atoms with van der Waals surface area (Å²) < 4.78 is 5.80. The first kappa shape index (κ1) is 17.1. The van der Waals surface area contributed by atoms with E-state index in [1.165, 1.54) is 0 Å². The zero-order valence-corrected chi connectivity index (χ0v) is 15.4. The van der Waals surface area contributed by atoms with Crippen molar-refractivity contribution in [1.29, 1.82) is 0 Å². The number of para-hydroxylation sites is 3. The standard InChI is InChI=1S/C22H17N5O2/c23-20(28)19-13-27(17-9-3-4-10-18(17)29-19)22-15-7-1-2-8-16(15)25-21(26-22)14-6-5-11-24-12-14/h1-12,19H,13H2,(H2,23,28)/t19-/m0/s1. The lowest BCUT2D eigenvalue weighted by molar-refractivity contribution is -0.124. The second kappa shape index (κ2) is 6.87. The molecule has 0 unspecified atom stereocenters. The summed E-state index contributed by atoms with van der Waals surface area (Å²) in [5.41, 5.74) is 8.01. The first-order valence-electron chi connectivity index (χ1n) is 9.20.